The van der Waals surface area contributed by atoms with Crippen LogP contribution >= 0.6 is 23.4 Å². The minimum atomic E-state index is 0.232. The van der Waals surface area contributed by atoms with E-state index in [1.54, 1.807) is 0 Å². The van der Waals surface area contributed by atoms with Gasteiger partial charge in [0.25, 0.3) is 0 Å². The van der Waals surface area contributed by atoms with Gasteiger partial charge in [0.2, 0.25) is 5.28 Å². The van der Waals surface area contributed by atoms with Gasteiger partial charge in [-0.25, -0.2) is 0 Å². The van der Waals surface area contributed by atoms with Gasteiger partial charge < -0.3 is 4.57 Å². The van der Waals surface area contributed by atoms with Crippen molar-refractivity contribution < 1.29 is 0 Å². The lowest BCUT2D eigenvalue weighted by atomic mass is 10.0. The number of rotatable bonds is 6. The van der Waals surface area contributed by atoms with Crippen molar-refractivity contribution in [1.29, 1.82) is 0 Å². The van der Waals surface area contributed by atoms with Gasteiger partial charge >= 0.3 is 0 Å². The number of thioether (sulfide) groups is 1. The lowest BCUT2D eigenvalue weighted by Crippen LogP contribution is -2.30. The van der Waals surface area contributed by atoms with Crippen LogP contribution < -0.4 is 0 Å². The van der Waals surface area contributed by atoms with E-state index in [2.05, 4.69) is 48.7 Å². The van der Waals surface area contributed by atoms with E-state index < -0.39 is 0 Å². The molecule has 0 radical (unpaired) electrons. The zero-order valence-corrected chi connectivity index (χ0v) is 12.9. The van der Waals surface area contributed by atoms with Crippen LogP contribution in [0.5, 0.6) is 0 Å². The Bertz CT molecular complexity index is 350. The molecule has 0 aliphatic rings. The van der Waals surface area contributed by atoms with Crippen molar-refractivity contribution in [2.45, 2.75) is 57.7 Å². The largest absolute Gasteiger partial charge is 0.300 e. The average Bonchev–Trinajstić information content (AvgIpc) is 2.68. The van der Waals surface area contributed by atoms with E-state index in [0.29, 0.717) is 11.2 Å². The summed E-state index contributed by atoms with van der Waals surface area (Å²) in [6, 6.07) is 0. The van der Waals surface area contributed by atoms with E-state index in [1.165, 1.54) is 0 Å². The van der Waals surface area contributed by atoms with Crippen LogP contribution in [0, 0.1) is 0 Å². The Morgan fingerprint density at radius 3 is 2.29 bits per heavy atom. The zero-order chi connectivity index (χ0) is 13.1. The molecule has 0 aliphatic carbocycles. The average molecular weight is 276 g/mol. The standard InChI is InChI=1S/C12H22ClN3S/c1-6-12(7-2,17-5)8-16-10(9(3)4)14-15-11(16)13/h9H,6-8H2,1-5H3. The molecule has 0 atom stereocenters. The van der Waals surface area contributed by atoms with Crippen LogP contribution in [0.4, 0.5) is 0 Å². The van der Waals surface area contributed by atoms with Gasteiger partial charge in [-0.3, -0.25) is 0 Å². The minimum absolute atomic E-state index is 0.232. The van der Waals surface area contributed by atoms with Crippen LogP contribution in [0.3, 0.4) is 0 Å². The molecule has 0 fully saturated rings. The maximum atomic E-state index is 6.15. The van der Waals surface area contributed by atoms with Crippen molar-refractivity contribution in [3.63, 3.8) is 0 Å². The predicted octanol–water partition coefficient (Wildman–Crippen LogP) is 3.98. The van der Waals surface area contributed by atoms with Gasteiger partial charge in [-0.15, -0.1) is 10.2 Å². The summed E-state index contributed by atoms with van der Waals surface area (Å²) in [7, 11) is 0. The second-order valence-corrected chi connectivity index (χ2v) is 6.27. The Kier molecular flexibility index (Phi) is 5.32. The summed E-state index contributed by atoms with van der Waals surface area (Å²) < 4.78 is 2.30. The molecule has 0 aromatic carbocycles. The normalized spacial score (nSPS) is 12.4. The monoisotopic (exact) mass is 275 g/mol. The Morgan fingerprint density at radius 1 is 1.29 bits per heavy atom. The molecule has 98 valence electrons. The molecule has 0 N–H and O–H groups in total. The molecule has 1 aromatic heterocycles. The van der Waals surface area contributed by atoms with Crippen LogP contribution in [-0.2, 0) is 6.54 Å². The van der Waals surface area contributed by atoms with E-state index in [-0.39, 0.29) is 4.75 Å². The number of halogens is 1. The highest BCUT2D eigenvalue weighted by Gasteiger charge is 2.28. The smallest absolute Gasteiger partial charge is 0.225 e. The van der Waals surface area contributed by atoms with Crippen LogP contribution in [0.25, 0.3) is 0 Å². The quantitative estimate of drug-likeness (QED) is 0.787. The topological polar surface area (TPSA) is 30.7 Å². The minimum Gasteiger partial charge on any atom is -0.300 e. The molecule has 1 heterocycles. The van der Waals surface area contributed by atoms with Crippen LogP contribution in [0.1, 0.15) is 52.3 Å². The van der Waals surface area contributed by atoms with Crippen LogP contribution in [0.15, 0.2) is 0 Å². The Balaban J connectivity index is 3.04. The van der Waals surface area contributed by atoms with Gasteiger partial charge in [0.15, 0.2) is 0 Å². The molecular weight excluding hydrogens is 254 g/mol. The van der Waals surface area contributed by atoms with Gasteiger partial charge in [0.05, 0.1) is 0 Å². The van der Waals surface area contributed by atoms with Crippen LogP contribution in [-0.4, -0.2) is 25.8 Å². The Morgan fingerprint density at radius 2 is 1.88 bits per heavy atom. The molecular formula is C12H22ClN3S. The third-order valence-corrected chi connectivity index (χ3v) is 5.27. The first-order chi connectivity index (χ1) is 7.99. The highest BCUT2D eigenvalue weighted by Crippen LogP contribution is 2.34. The summed E-state index contributed by atoms with van der Waals surface area (Å²) in [5, 5.41) is 8.68. The van der Waals surface area contributed by atoms with Gasteiger partial charge in [-0.05, 0) is 30.7 Å². The van der Waals surface area contributed by atoms with Gasteiger partial charge in [0.1, 0.15) is 5.82 Å². The van der Waals surface area contributed by atoms with E-state index >= 15 is 0 Å². The van der Waals surface area contributed by atoms with Crippen molar-refractivity contribution in [2.24, 2.45) is 0 Å². The number of hydrogen-bond acceptors (Lipinski definition) is 3. The number of aromatic nitrogens is 3. The van der Waals surface area contributed by atoms with E-state index in [4.69, 9.17) is 11.6 Å². The molecule has 17 heavy (non-hydrogen) atoms. The van der Waals surface area contributed by atoms with Crippen LogP contribution in [0.2, 0.25) is 5.28 Å². The molecule has 1 rings (SSSR count). The summed E-state index contributed by atoms with van der Waals surface area (Å²) in [6.45, 7) is 9.59. The molecule has 0 saturated heterocycles. The number of hydrogen-bond donors (Lipinski definition) is 0. The lowest BCUT2D eigenvalue weighted by Gasteiger charge is -2.31. The summed E-state index contributed by atoms with van der Waals surface area (Å²) in [6.07, 6.45) is 4.41. The Labute approximate surface area is 113 Å². The maximum Gasteiger partial charge on any atom is 0.225 e. The van der Waals surface area contributed by atoms with Crippen molar-refractivity contribution in [2.75, 3.05) is 6.26 Å². The summed E-state index contributed by atoms with van der Waals surface area (Å²) in [5.41, 5.74) is 0. The highest BCUT2D eigenvalue weighted by atomic mass is 35.5. The second-order valence-electron chi connectivity index (χ2n) is 4.66. The molecule has 0 aliphatic heterocycles. The summed E-state index contributed by atoms with van der Waals surface area (Å²) >= 11 is 8.06. The van der Waals surface area contributed by atoms with E-state index in [0.717, 1.165) is 25.2 Å². The molecule has 0 amide bonds. The first-order valence-electron chi connectivity index (χ1n) is 6.13. The van der Waals surface area contributed by atoms with E-state index in [9.17, 15) is 0 Å². The summed E-state index contributed by atoms with van der Waals surface area (Å²) in [4.78, 5) is 0. The van der Waals surface area contributed by atoms with Crippen molar-refractivity contribution in [3.8, 4) is 0 Å². The second kappa shape index (κ2) is 6.10. The lowest BCUT2D eigenvalue weighted by molar-refractivity contribution is 0.451. The third kappa shape index (κ3) is 3.16. The fourth-order valence-electron chi connectivity index (χ4n) is 1.98. The third-order valence-electron chi connectivity index (χ3n) is 3.42. The number of nitrogens with zero attached hydrogens (tertiary/aromatic N) is 3. The fraction of sp³-hybridized carbons (Fsp3) is 0.833. The molecule has 0 unspecified atom stereocenters. The SMILES string of the molecule is CCC(CC)(Cn1c(Cl)nnc1C(C)C)SC. The van der Waals surface area contributed by atoms with Gasteiger partial charge in [-0.1, -0.05) is 27.7 Å². The first-order valence-corrected chi connectivity index (χ1v) is 7.73. The van der Waals surface area contributed by atoms with E-state index in [1.807, 2.05) is 11.8 Å². The summed E-state index contributed by atoms with van der Waals surface area (Å²) in [5.74, 6) is 1.33. The van der Waals surface area contributed by atoms with Crippen molar-refractivity contribution >= 4 is 23.4 Å². The van der Waals surface area contributed by atoms with Crippen molar-refractivity contribution in [1.82, 2.24) is 14.8 Å². The van der Waals surface area contributed by atoms with Crippen molar-refractivity contribution in [3.05, 3.63) is 11.1 Å². The Hall–Kier alpha value is -0.220. The molecule has 5 heteroatoms. The molecule has 0 spiro atoms. The fourth-order valence-corrected chi connectivity index (χ4v) is 3.00. The maximum absolute atomic E-state index is 6.15. The highest BCUT2D eigenvalue weighted by molar-refractivity contribution is 8.00. The molecule has 3 nitrogen and oxygen atoms in total. The van der Waals surface area contributed by atoms with Gasteiger partial charge in [0, 0.05) is 17.2 Å². The predicted molar refractivity (Wildman–Crippen MR) is 75.9 cm³/mol. The molecule has 0 bridgehead atoms. The first kappa shape index (κ1) is 14.8. The molecule has 1 aromatic rings. The van der Waals surface area contributed by atoms with Gasteiger partial charge in [-0.2, -0.15) is 11.8 Å². The zero-order valence-electron chi connectivity index (χ0n) is 11.3. The molecule has 0 saturated carbocycles.